The van der Waals surface area contributed by atoms with Crippen LogP contribution in [-0.4, -0.2) is 11.7 Å². The molecule has 0 aliphatic heterocycles. The first-order valence-corrected chi connectivity index (χ1v) is 9.54. The highest BCUT2D eigenvalue weighted by atomic mass is 35.5. The van der Waals surface area contributed by atoms with Crippen molar-refractivity contribution < 1.29 is 4.79 Å². The Morgan fingerprint density at radius 1 is 0.967 bits per heavy atom. The number of nitrogens with one attached hydrogen (secondary N) is 3. The molecule has 0 aliphatic carbocycles. The summed E-state index contributed by atoms with van der Waals surface area (Å²) in [6, 6.07) is 22.5. The Hall–Kier alpha value is -3.31. The number of hydrogen-bond donors (Lipinski definition) is 4. The van der Waals surface area contributed by atoms with E-state index in [1.54, 1.807) is 12.1 Å². The summed E-state index contributed by atoms with van der Waals surface area (Å²) in [5, 5.41) is 13.9. The van der Waals surface area contributed by atoms with Crippen LogP contribution in [0, 0.1) is 19.3 Å². The molecule has 0 aliphatic rings. The van der Waals surface area contributed by atoms with Crippen LogP contribution >= 0.6 is 12.4 Å². The van der Waals surface area contributed by atoms with E-state index in [9.17, 15) is 4.79 Å². The van der Waals surface area contributed by atoms with Crippen molar-refractivity contribution in [1.29, 1.82) is 5.41 Å². The molecule has 0 heterocycles. The number of amides is 1. The van der Waals surface area contributed by atoms with Crippen LogP contribution in [0.25, 0.3) is 0 Å². The Morgan fingerprint density at radius 3 is 2.23 bits per heavy atom. The first kappa shape index (κ1) is 23.0. The number of carbonyl (C=O) groups excluding carboxylic acids is 1. The van der Waals surface area contributed by atoms with E-state index in [4.69, 9.17) is 11.1 Å². The van der Waals surface area contributed by atoms with Crippen molar-refractivity contribution in [3.8, 4) is 0 Å². The summed E-state index contributed by atoms with van der Waals surface area (Å²) >= 11 is 0. The van der Waals surface area contributed by atoms with Gasteiger partial charge in [-0.1, -0.05) is 48.5 Å². The maximum atomic E-state index is 13.1. The molecule has 1 atom stereocenters. The van der Waals surface area contributed by atoms with Crippen LogP contribution in [0.1, 0.15) is 33.9 Å². The molecule has 5 nitrogen and oxygen atoms in total. The van der Waals surface area contributed by atoms with Gasteiger partial charge >= 0.3 is 0 Å². The number of anilines is 1. The van der Waals surface area contributed by atoms with Crippen molar-refractivity contribution in [2.45, 2.75) is 26.4 Å². The number of rotatable bonds is 7. The molecule has 0 saturated carbocycles. The van der Waals surface area contributed by atoms with Crippen LogP contribution in [0.2, 0.25) is 0 Å². The van der Waals surface area contributed by atoms with Crippen molar-refractivity contribution in [3.63, 3.8) is 0 Å². The predicted octanol–water partition coefficient (Wildman–Crippen LogP) is 4.48. The van der Waals surface area contributed by atoms with Gasteiger partial charge in [-0.3, -0.25) is 10.2 Å². The summed E-state index contributed by atoms with van der Waals surface area (Å²) in [6.45, 7) is 4.56. The average molecular weight is 423 g/mol. The van der Waals surface area contributed by atoms with E-state index in [0.717, 1.165) is 22.4 Å². The van der Waals surface area contributed by atoms with Gasteiger partial charge in [0.2, 0.25) is 5.91 Å². The molecule has 0 spiro atoms. The third-order valence-electron chi connectivity index (χ3n) is 4.94. The van der Waals surface area contributed by atoms with Crippen LogP contribution in [0.4, 0.5) is 5.69 Å². The lowest BCUT2D eigenvalue weighted by Gasteiger charge is -2.21. The highest BCUT2D eigenvalue weighted by Gasteiger charge is 2.21. The first-order chi connectivity index (χ1) is 13.9. The van der Waals surface area contributed by atoms with Gasteiger partial charge < -0.3 is 16.4 Å². The quantitative estimate of drug-likeness (QED) is 0.334. The smallest absolute Gasteiger partial charge is 0.247 e. The maximum absolute atomic E-state index is 13.1. The van der Waals surface area contributed by atoms with Crippen LogP contribution < -0.4 is 16.4 Å². The van der Waals surface area contributed by atoms with Crippen LogP contribution in [0.5, 0.6) is 0 Å². The summed E-state index contributed by atoms with van der Waals surface area (Å²) in [6.07, 6.45) is 0. The van der Waals surface area contributed by atoms with Gasteiger partial charge in [0.1, 0.15) is 11.9 Å². The van der Waals surface area contributed by atoms with Gasteiger partial charge in [-0.05, 0) is 60.4 Å². The number of amidine groups is 1. The molecule has 0 fully saturated rings. The molecule has 30 heavy (non-hydrogen) atoms. The lowest BCUT2D eigenvalue weighted by Crippen LogP contribution is -2.33. The number of carbonyl (C=O) groups is 1. The molecule has 1 unspecified atom stereocenters. The van der Waals surface area contributed by atoms with Crippen molar-refractivity contribution in [3.05, 3.63) is 101 Å². The van der Waals surface area contributed by atoms with Crippen LogP contribution in [-0.2, 0) is 11.3 Å². The third-order valence-corrected chi connectivity index (χ3v) is 4.94. The Labute approximate surface area is 183 Å². The Morgan fingerprint density at radius 2 is 1.63 bits per heavy atom. The monoisotopic (exact) mass is 422 g/mol. The summed E-state index contributed by atoms with van der Waals surface area (Å²) in [7, 11) is 0. The molecule has 0 aromatic heterocycles. The van der Waals surface area contributed by atoms with E-state index < -0.39 is 6.04 Å². The first-order valence-electron chi connectivity index (χ1n) is 9.54. The van der Waals surface area contributed by atoms with Crippen molar-refractivity contribution in [1.82, 2.24) is 5.32 Å². The minimum Gasteiger partial charge on any atom is -0.384 e. The third kappa shape index (κ3) is 5.84. The molecule has 1 amide bonds. The van der Waals surface area contributed by atoms with E-state index in [0.29, 0.717) is 12.1 Å². The Bertz CT molecular complexity index is 1000. The molecule has 3 aromatic rings. The summed E-state index contributed by atoms with van der Waals surface area (Å²) < 4.78 is 0. The molecule has 3 rings (SSSR count). The average Bonchev–Trinajstić information content (AvgIpc) is 2.73. The molecule has 0 bridgehead atoms. The summed E-state index contributed by atoms with van der Waals surface area (Å²) in [5.74, 6) is -0.0874. The van der Waals surface area contributed by atoms with Gasteiger partial charge in [-0.15, -0.1) is 12.4 Å². The normalized spacial score (nSPS) is 11.1. The zero-order valence-electron chi connectivity index (χ0n) is 17.1. The fourth-order valence-electron chi connectivity index (χ4n) is 3.04. The Balaban J connectivity index is 0.00000320. The number of nitrogen functional groups attached to an aromatic ring is 1. The van der Waals surface area contributed by atoms with E-state index in [2.05, 4.69) is 17.6 Å². The number of aryl methyl sites for hydroxylation is 2. The molecule has 156 valence electrons. The number of halogens is 1. The predicted molar refractivity (Wildman–Crippen MR) is 125 cm³/mol. The molecule has 5 N–H and O–H groups in total. The largest absolute Gasteiger partial charge is 0.384 e. The number of nitrogens with two attached hydrogens (primary N) is 1. The highest BCUT2D eigenvalue weighted by Crippen LogP contribution is 2.23. The topological polar surface area (TPSA) is 91.0 Å². The fraction of sp³-hybridized carbons (Fsp3) is 0.167. The molecular weight excluding hydrogens is 396 g/mol. The van der Waals surface area contributed by atoms with Gasteiger partial charge in [0, 0.05) is 17.8 Å². The van der Waals surface area contributed by atoms with Gasteiger partial charge in [0.15, 0.2) is 0 Å². The molecule has 6 heteroatoms. The van der Waals surface area contributed by atoms with E-state index in [-0.39, 0.29) is 24.1 Å². The second-order valence-corrected chi connectivity index (χ2v) is 7.12. The van der Waals surface area contributed by atoms with Gasteiger partial charge in [-0.25, -0.2) is 0 Å². The maximum Gasteiger partial charge on any atom is 0.247 e. The van der Waals surface area contributed by atoms with Gasteiger partial charge in [0.05, 0.1) is 0 Å². The van der Waals surface area contributed by atoms with Gasteiger partial charge in [0.25, 0.3) is 0 Å². The minimum atomic E-state index is -0.541. The Kier molecular flexibility index (Phi) is 8.01. The number of hydrogen-bond acceptors (Lipinski definition) is 3. The van der Waals surface area contributed by atoms with Crippen molar-refractivity contribution in [2.24, 2.45) is 5.73 Å². The molecule has 0 saturated heterocycles. The van der Waals surface area contributed by atoms with E-state index in [1.165, 1.54) is 5.56 Å². The van der Waals surface area contributed by atoms with Crippen LogP contribution in [0.3, 0.4) is 0 Å². The number of benzene rings is 3. The fourth-order valence-corrected chi connectivity index (χ4v) is 3.04. The SMILES string of the molecule is Cc1ccc(C(Nc2ccc(C(=N)N)cc2)C(=O)NCc2ccccc2)cc1C.Cl. The highest BCUT2D eigenvalue weighted by molar-refractivity contribution is 5.95. The summed E-state index contributed by atoms with van der Waals surface area (Å²) in [5.41, 5.74) is 11.2. The zero-order chi connectivity index (χ0) is 20.8. The van der Waals surface area contributed by atoms with Gasteiger partial charge in [-0.2, -0.15) is 0 Å². The molecular formula is C24H27ClN4O. The summed E-state index contributed by atoms with van der Waals surface area (Å²) in [4.78, 5) is 13.1. The lowest BCUT2D eigenvalue weighted by molar-refractivity contribution is -0.122. The second kappa shape index (κ2) is 10.5. The minimum absolute atomic E-state index is 0. The van der Waals surface area contributed by atoms with E-state index >= 15 is 0 Å². The lowest BCUT2D eigenvalue weighted by atomic mass is 10.00. The molecule has 0 radical (unpaired) electrons. The molecule has 3 aromatic carbocycles. The standard InChI is InChI=1S/C24H26N4O.ClH/c1-16-8-9-20(14-17(16)2)22(24(29)27-15-18-6-4-3-5-7-18)28-21-12-10-19(11-13-21)23(25)26;/h3-14,22,28H,15H2,1-2H3,(H3,25,26)(H,27,29);1H. The zero-order valence-corrected chi connectivity index (χ0v) is 17.9. The van der Waals surface area contributed by atoms with Crippen LogP contribution in [0.15, 0.2) is 72.8 Å². The second-order valence-electron chi connectivity index (χ2n) is 7.12. The van der Waals surface area contributed by atoms with E-state index in [1.807, 2.05) is 67.6 Å². The van der Waals surface area contributed by atoms with Crippen molar-refractivity contribution in [2.75, 3.05) is 5.32 Å². The van der Waals surface area contributed by atoms with Crippen molar-refractivity contribution >= 4 is 29.8 Å².